The first-order valence-corrected chi connectivity index (χ1v) is 5.85. The van der Waals surface area contributed by atoms with E-state index in [2.05, 4.69) is 15.3 Å². The normalized spacial score (nSPS) is 10.5. The maximum atomic E-state index is 11.3. The molecule has 6 nitrogen and oxygen atoms in total. The average molecular weight is 261 g/mol. The van der Waals surface area contributed by atoms with E-state index in [0.29, 0.717) is 18.0 Å². The van der Waals surface area contributed by atoms with E-state index in [1.165, 1.54) is 0 Å². The predicted octanol–water partition coefficient (Wildman–Crippen LogP) is 1.94. The summed E-state index contributed by atoms with van der Waals surface area (Å²) < 4.78 is 10.0. The van der Waals surface area contributed by atoms with Crippen LogP contribution in [0.15, 0.2) is 29.4 Å². The van der Waals surface area contributed by atoms with Crippen molar-refractivity contribution < 1.29 is 14.3 Å². The average Bonchev–Trinajstić information content (AvgIpc) is 2.40. The van der Waals surface area contributed by atoms with Crippen LogP contribution in [0, 0.1) is 11.3 Å². The number of hydrogen-bond acceptors (Lipinski definition) is 6. The second kappa shape index (κ2) is 7.71. The van der Waals surface area contributed by atoms with Crippen LogP contribution in [-0.2, 0) is 9.53 Å². The number of rotatable bonds is 6. The first kappa shape index (κ1) is 14.5. The van der Waals surface area contributed by atoms with Gasteiger partial charge in [0.1, 0.15) is 11.8 Å². The highest BCUT2D eigenvalue weighted by molar-refractivity contribution is 6.43. The van der Waals surface area contributed by atoms with E-state index in [1.54, 1.807) is 37.3 Å². The highest BCUT2D eigenvalue weighted by Gasteiger charge is 2.11. The minimum absolute atomic E-state index is 0.194. The Hall–Kier alpha value is -2.55. The Bertz CT molecular complexity index is 506. The second-order valence-electron chi connectivity index (χ2n) is 3.37. The number of ether oxygens (including phenoxy) is 2. The van der Waals surface area contributed by atoms with Crippen LogP contribution in [0.3, 0.4) is 0 Å². The number of nitriles is 1. The molecule has 6 heteroatoms. The number of carbonyl (C=O) groups excluding carboxylic acids is 1. The molecule has 0 fully saturated rings. The Morgan fingerprint density at radius 3 is 2.84 bits per heavy atom. The van der Waals surface area contributed by atoms with E-state index in [9.17, 15) is 4.79 Å². The minimum atomic E-state index is -0.751. The molecule has 100 valence electrons. The number of hydrazone groups is 1. The third kappa shape index (κ3) is 4.68. The summed E-state index contributed by atoms with van der Waals surface area (Å²) in [6.45, 7) is 4.29. The molecule has 1 aromatic carbocycles. The summed E-state index contributed by atoms with van der Waals surface area (Å²) in [6, 6.07) is 8.71. The molecule has 1 aromatic rings. The molecule has 0 saturated heterocycles. The lowest BCUT2D eigenvalue weighted by molar-refractivity contribution is -0.134. The smallest absolute Gasteiger partial charge is 0.369 e. The third-order valence-electron chi connectivity index (χ3n) is 2.02. The van der Waals surface area contributed by atoms with Crippen LogP contribution in [0.1, 0.15) is 13.8 Å². The van der Waals surface area contributed by atoms with Crippen molar-refractivity contribution >= 4 is 17.4 Å². The van der Waals surface area contributed by atoms with Gasteiger partial charge in [-0.1, -0.05) is 6.07 Å². The number of carbonyl (C=O) groups is 1. The van der Waals surface area contributed by atoms with Crippen LogP contribution in [0.4, 0.5) is 5.69 Å². The molecule has 0 aliphatic carbocycles. The molecule has 0 atom stereocenters. The van der Waals surface area contributed by atoms with Gasteiger partial charge in [-0.25, -0.2) is 4.79 Å². The molecular formula is C13H15N3O3. The van der Waals surface area contributed by atoms with Crippen molar-refractivity contribution in [3.8, 4) is 11.8 Å². The number of hydrogen-bond donors (Lipinski definition) is 1. The van der Waals surface area contributed by atoms with Crippen LogP contribution < -0.4 is 10.2 Å². The summed E-state index contributed by atoms with van der Waals surface area (Å²) in [7, 11) is 0. The zero-order valence-corrected chi connectivity index (χ0v) is 10.8. The van der Waals surface area contributed by atoms with Gasteiger partial charge in [-0.2, -0.15) is 10.4 Å². The molecule has 1 N–H and O–H groups in total. The maximum absolute atomic E-state index is 11.3. The summed E-state index contributed by atoms with van der Waals surface area (Å²) in [5, 5.41) is 12.5. The van der Waals surface area contributed by atoms with Crippen LogP contribution in [0.5, 0.6) is 5.75 Å². The molecule has 1 rings (SSSR count). The van der Waals surface area contributed by atoms with E-state index in [-0.39, 0.29) is 12.3 Å². The highest BCUT2D eigenvalue weighted by atomic mass is 16.5. The lowest BCUT2D eigenvalue weighted by Crippen LogP contribution is -2.17. The van der Waals surface area contributed by atoms with Crippen molar-refractivity contribution in [2.24, 2.45) is 5.10 Å². The van der Waals surface area contributed by atoms with Crippen LogP contribution >= 0.6 is 0 Å². The highest BCUT2D eigenvalue weighted by Crippen LogP contribution is 2.17. The first-order valence-electron chi connectivity index (χ1n) is 5.85. The first-order chi connectivity index (χ1) is 9.21. The Morgan fingerprint density at radius 1 is 1.42 bits per heavy atom. The summed E-state index contributed by atoms with van der Waals surface area (Å²) in [4.78, 5) is 11.3. The van der Waals surface area contributed by atoms with Gasteiger partial charge in [0, 0.05) is 6.07 Å². The van der Waals surface area contributed by atoms with Gasteiger partial charge < -0.3 is 9.47 Å². The molecule has 0 radical (unpaired) electrons. The van der Waals surface area contributed by atoms with Crippen molar-refractivity contribution in [1.29, 1.82) is 5.26 Å². The monoisotopic (exact) mass is 261 g/mol. The van der Waals surface area contributed by atoms with E-state index < -0.39 is 5.97 Å². The van der Waals surface area contributed by atoms with Gasteiger partial charge in [-0.15, -0.1) is 0 Å². The molecular weight excluding hydrogens is 246 g/mol. The Balaban J connectivity index is 2.76. The molecule has 0 bridgehead atoms. The topological polar surface area (TPSA) is 83.7 Å². The molecule has 0 unspecified atom stereocenters. The minimum Gasteiger partial charge on any atom is -0.494 e. The predicted molar refractivity (Wildman–Crippen MR) is 70.9 cm³/mol. The Kier molecular flexibility index (Phi) is 5.89. The molecule has 0 amide bonds. The lowest BCUT2D eigenvalue weighted by atomic mass is 10.3. The number of nitrogens with one attached hydrogen (secondary N) is 1. The summed E-state index contributed by atoms with van der Waals surface area (Å²) in [5.41, 5.74) is 2.90. The van der Waals surface area contributed by atoms with E-state index in [4.69, 9.17) is 10.00 Å². The molecule has 0 aliphatic heterocycles. The Labute approximate surface area is 111 Å². The largest absolute Gasteiger partial charge is 0.494 e. The van der Waals surface area contributed by atoms with Gasteiger partial charge in [0.05, 0.1) is 18.9 Å². The van der Waals surface area contributed by atoms with Crippen molar-refractivity contribution in [3.05, 3.63) is 24.3 Å². The van der Waals surface area contributed by atoms with Gasteiger partial charge in [0.25, 0.3) is 0 Å². The Morgan fingerprint density at radius 2 is 2.21 bits per heavy atom. The van der Waals surface area contributed by atoms with Gasteiger partial charge in [0.15, 0.2) is 0 Å². The third-order valence-corrected chi connectivity index (χ3v) is 2.02. The molecule has 19 heavy (non-hydrogen) atoms. The van der Waals surface area contributed by atoms with Gasteiger partial charge in [-0.05, 0) is 26.0 Å². The molecule has 0 saturated carbocycles. The van der Waals surface area contributed by atoms with E-state index in [0.717, 1.165) is 0 Å². The van der Waals surface area contributed by atoms with E-state index in [1.807, 2.05) is 6.92 Å². The van der Waals surface area contributed by atoms with Crippen molar-refractivity contribution in [3.63, 3.8) is 0 Å². The lowest BCUT2D eigenvalue weighted by Gasteiger charge is -2.05. The summed E-state index contributed by atoms with van der Waals surface area (Å²) in [5.74, 6) is -0.0733. The maximum Gasteiger partial charge on any atom is 0.369 e. The second-order valence-corrected chi connectivity index (χ2v) is 3.37. The van der Waals surface area contributed by atoms with Crippen molar-refractivity contribution in [2.45, 2.75) is 13.8 Å². The van der Waals surface area contributed by atoms with E-state index >= 15 is 0 Å². The quantitative estimate of drug-likeness (QED) is 0.480. The zero-order valence-electron chi connectivity index (χ0n) is 10.8. The van der Waals surface area contributed by atoms with Crippen molar-refractivity contribution in [1.82, 2.24) is 0 Å². The summed E-state index contributed by atoms with van der Waals surface area (Å²) in [6.07, 6.45) is 0. The fourth-order valence-corrected chi connectivity index (χ4v) is 1.26. The number of nitrogens with zero attached hydrogens (tertiary/aromatic N) is 2. The van der Waals surface area contributed by atoms with Gasteiger partial charge in [0.2, 0.25) is 5.71 Å². The fraction of sp³-hybridized carbons (Fsp3) is 0.308. The van der Waals surface area contributed by atoms with Crippen LogP contribution in [0.25, 0.3) is 0 Å². The SMILES string of the molecule is CCOC(=O)C(C#N)=NNc1cccc(OCC)c1. The van der Waals surface area contributed by atoms with Gasteiger partial charge >= 0.3 is 5.97 Å². The number of anilines is 1. The van der Waals surface area contributed by atoms with Gasteiger partial charge in [-0.3, -0.25) is 5.43 Å². The molecule has 0 aromatic heterocycles. The molecule has 0 heterocycles. The van der Waals surface area contributed by atoms with Crippen molar-refractivity contribution in [2.75, 3.05) is 18.6 Å². The number of esters is 1. The van der Waals surface area contributed by atoms with Crippen LogP contribution in [-0.4, -0.2) is 24.9 Å². The summed E-state index contributed by atoms with van der Waals surface area (Å²) >= 11 is 0. The molecule has 0 aliphatic rings. The van der Waals surface area contributed by atoms with Crippen LogP contribution in [0.2, 0.25) is 0 Å². The molecule has 0 spiro atoms. The zero-order chi connectivity index (χ0) is 14.1. The standard InChI is InChI=1S/C13H15N3O3/c1-3-18-11-7-5-6-10(8-11)15-16-12(9-14)13(17)19-4-2/h5-8,15H,3-4H2,1-2H3. The number of benzene rings is 1. The fourth-order valence-electron chi connectivity index (χ4n) is 1.26.